The first-order chi connectivity index (χ1) is 9.74. The molecule has 7 nitrogen and oxygen atoms in total. The van der Waals surface area contributed by atoms with Crippen molar-refractivity contribution in [2.45, 2.75) is 51.1 Å². The van der Waals surface area contributed by atoms with E-state index in [9.17, 15) is 19.8 Å². The van der Waals surface area contributed by atoms with Crippen molar-refractivity contribution >= 4 is 11.9 Å². The predicted molar refractivity (Wildman–Crippen MR) is 71.9 cm³/mol. The molecule has 2 N–H and O–H groups in total. The van der Waals surface area contributed by atoms with Gasteiger partial charge < -0.3 is 24.4 Å². The molecule has 21 heavy (non-hydrogen) atoms. The Hall–Kier alpha value is -1.44. The molecule has 0 bridgehead atoms. The highest BCUT2D eigenvalue weighted by Crippen LogP contribution is 2.44. The quantitative estimate of drug-likeness (QED) is 0.694. The van der Waals surface area contributed by atoms with Gasteiger partial charge in [0, 0.05) is 18.4 Å². The normalized spacial score (nSPS) is 28.7. The van der Waals surface area contributed by atoms with Crippen molar-refractivity contribution in [3.63, 3.8) is 0 Å². The van der Waals surface area contributed by atoms with Gasteiger partial charge in [-0.1, -0.05) is 13.3 Å². The summed E-state index contributed by atoms with van der Waals surface area (Å²) in [5, 5.41) is 21.0. The maximum absolute atomic E-state index is 11.9. The molecule has 0 spiro atoms. The van der Waals surface area contributed by atoms with Gasteiger partial charge >= 0.3 is 11.9 Å². The first kappa shape index (κ1) is 17.6. The maximum atomic E-state index is 11.9. The number of hydrogen-bond acceptors (Lipinski definition) is 7. The van der Waals surface area contributed by atoms with Crippen molar-refractivity contribution in [2.75, 3.05) is 14.2 Å². The summed E-state index contributed by atoms with van der Waals surface area (Å²) in [6.07, 6.45) is 0.408. The van der Waals surface area contributed by atoms with E-state index in [4.69, 9.17) is 4.74 Å². The second-order valence-corrected chi connectivity index (χ2v) is 4.99. The van der Waals surface area contributed by atoms with Crippen LogP contribution in [0.15, 0.2) is 11.1 Å². The standard InChI is InChI=1S/C14H22O7/c1-5-7-13(17)9(2)11(12(16)20-4)14(18,21-13)8-6-10(15)19-3/h17-18H,5-8H2,1-4H3. The molecule has 2 atom stereocenters. The lowest BCUT2D eigenvalue weighted by Gasteiger charge is -2.29. The van der Waals surface area contributed by atoms with Gasteiger partial charge in [-0.05, 0) is 6.92 Å². The van der Waals surface area contributed by atoms with Gasteiger partial charge in [-0.3, -0.25) is 4.79 Å². The fourth-order valence-corrected chi connectivity index (χ4v) is 2.44. The van der Waals surface area contributed by atoms with Crippen LogP contribution in [0, 0.1) is 0 Å². The number of ether oxygens (including phenoxy) is 3. The van der Waals surface area contributed by atoms with E-state index in [1.165, 1.54) is 21.1 Å². The van der Waals surface area contributed by atoms with Gasteiger partial charge in [0.25, 0.3) is 0 Å². The molecule has 7 heteroatoms. The Morgan fingerprint density at radius 3 is 2.24 bits per heavy atom. The minimum Gasteiger partial charge on any atom is -0.469 e. The zero-order valence-electron chi connectivity index (χ0n) is 12.8. The second kappa shape index (κ2) is 6.55. The first-order valence-electron chi connectivity index (χ1n) is 6.76. The lowest BCUT2D eigenvalue weighted by Crippen LogP contribution is -2.40. The molecule has 0 saturated carbocycles. The Kier molecular flexibility index (Phi) is 5.49. The number of carbonyl (C=O) groups is 2. The molecule has 0 fully saturated rings. The molecule has 120 valence electrons. The number of rotatable bonds is 6. The van der Waals surface area contributed by atoms with Crippen LogP contribution >= 0.6 is 0 Å². The number of aliphatic hydroxyl groups is 2. The van der Waals surface area contributed by atoms with Crippen LogP contribution in [-0.2, 0) is 23.8 Å². The van der Waals surface area contributed by atoms with Gasteiger partial charge in [-0.15, -0.1) is 0 Å². The number of esters is 2. The van der Waals surface area contributed by atoms with Gasteiger partial charge in [0.15, 0.2) is 5.79 Å². The molecule has 1 heterocycles. The molecule has 0 amide bonds. The molecule has 0 aromatic carbocycles. The van der Waals surface area contributed by atoms with Crippen LogP contribution in [0.3, 0.4) is 0 Å². The molecule has 0 aromatic heterocycles. The summed E-state index contributed by atoms with van der Waals surface area (Å²) in [7, 11) is 2.39. The summed E-state index contributed by atoms with van der Waals surface area (Å²) in [5.41, 5.74) is 0.0356. The number of hydrogen-bond donors (Lipinski definition) is 2. The van der Waals surface area contributed by atoms with Crippen LogP contribution in [0.5, 0.6) is 0 Å². The predicted octanol–water partition coefficient (Wildman–Crippen LogP) is 0.637. The third-order valence-electron chi connectivity index (χ3n) is 3.56. The van der Waals surface area contributed by atoms with Crippen molar-refractivity contribution in [3.05, 3.63) is 11.1 Å². The van der Waals surface area contributed by atoms with E-state index in [0.717, 1.165) is 0 Å². The van der Waals surface area contributed by atoms with E-state index in [2.05, 4.69) is 9.47 Å². The molecule has 0 aromatic rings. The third kappa shape index (κ3) is 3.42. The minimum absolute atomic E-state index is 0.162. The Labute approximate surface area is 123 Å². The van der Waals surface area contributed by atoms with E-state index in [0.29, 0.717) is 6.42 Å². The Morgan fingerprint density at radius 2 is 1.76 bits per heavy atom. The van der Waals surface area contributed by atoms with Crippen LogP contribution in [0.1, 0.15) is 39.5 Å². The summed E-state index contributed by atoms with van der Waals surface area (Å²) in [6, 6.07) is 0. The highest BCUT2D eigenvalue weighted by atomic mass is 16.7. The van der Waals surface area contributed by atoms with E-state index >= 15 is 0 Å². The van der Waals surface area contributed by atoms with E-state index < -0.39 is 23.5 Å². The fraction of sp³-hybridized carbons (Fsp3) is 0.714. The number of methoxy groups -OCH3 is 2. The van der Waals surface area contributed by atoms with Gasteiger partial charge in [0.2, 0.25) is 5.79 Å². The Bertz CT molecular complexity index is 456. The van der Waals surface area contributed by atoms with E-state index in [-0.39, 0.29) is 30.4 Å². The van der Waals surface area contributed by atoms with Crippen LogP contribution in [-0.4, -0.2) is 47.9 Å². The monoisotopic (exact) mass is 302 g/mol. The topological polar surface area (TPSA) is 102 Å². The maximum Gasteiger partial charge on any atom is 0.339 e. The summed E-state index contributed by atoms with van der Waals surface area (Å²) >= 11 is 0. The summed E-state index contributed by atoms with van der Waals surface area (Å²) in [5.74, 6) is -5.18. The van der Waals surface area contributed by atoms with Crippen molar-refractivity contribution in [2.24, 2.45) is 0 Å². The van der Waals surface area contributed by atoms with Gasteiger partial charge in [0.05, 0.1) is 20.6 Å². The minimum atomic E-state index is -2.07. The molecule has 0 aliphatic carbocycles. The van der Waals surface area contributed by atoms with Crippen LogP contribution in [0.2, 0.25) is 0 Å². The summed E-state index contributed by atoms with van der Waals surface area (Å²) in [4.78, 5) is 23.1. The van der Waals surface area contributed by atoms with Gasteiger partial charge in [0.1, 0.15) is 5.57 Å². The molecule has 1 aliphatic heterocycles. The Morgan fingerprint density at radius 1 is 1.14 bits per heavy atom. The fourth-order valence-electron chi connectivity index (χ4n) is 2.44. The zero-order chi connectivity index (χ0) is 16.3. The van der Waals surface area contributed by atoms with Gasteiger partial charge in [-0.25, -0.2) is 4.79 Å². The highest BCUT2D eigenvalue weighted by Gasteiger charge is 2.54. The van der Waals surface area contributed by atoms with Crippen LogP contribution in [0.25, 0.3) is 0 Å². The van der Waals surface area contributed by atoms with Crippen molar-refractivity contribution < 1.29 is 34.0 Å². The smallest absolute Gasteiger partial charge is 0.339 e. The largest absolute Gasteiger partial charge is 0.469 e. The zero-order valence-corrected chi connectivity index (χ0v) is 12.8. The number of carbonyl (C=O) groups excluding carboxylic acids is 2. The summed E-state index contributed by atoms with van der Waals surface area (Å²) in [6.45, 7) is 3.33. The second-order valence-electron chi connectivity index (χ2n) is 4.99. The first-order valence-corrected chi connectivity index (χ1v) is 6.76. The van der Waals surface area contributed by atoms with Gasteiger partial charge in [-0.2, -0.15) is 0 Å². The average Bonchev–Trinajstić information content (AvgIpc) is 2.63. The van der Waals surface area contributed by atoms with Crippen LogP contribution in [0.4, 0.5) is 0 Å². The van der Waals surface area contributed by atoms with E-state index in [1.54, 1.807) is 0 Å². The molecule has 1 aliphatic rings. The van der Waals surface area contributed by atoms with Crippen molar-refractivity contribution in [1.29, 1.82) is 0 Å². The van der Waals surface area contributed by atoms with E-state index in [1.807, 2.05) is 6.92 Å². The lowest BCUT2D eigenvalue weighted by molar-refractivity contribution is -0.286. The molecule has 1 rings (SSSR count). The molecular formula is C14H22O7. The third-order valence-corrected chi connectivity index (χ3v) is 3.56. The van der Waals surface area contributed by atoms with Crippen molar-refractivity contribution in [3.8, 4) is 0 Å². The lowest BCUT2D eigenvalue weighted by atomic mass is 9.95. The Balaban J connectivity index is 3.13. The SMILES string of the molecule is CCCC1(O)OC(O)(CCC(=O)OC)C(C(=O)OC)=C1C. The molecule has 2 unspecified atom stereocenters. The molecule has 0 radical (unpaired) electrons. The molecule has 0 saturated heterocycles. The highest BCUT2D eigenvalue weighted by molar-refractivity contribution is 5.92. The molecular weight excluding hydrogens is 280 g/mol. The van der Waals surface area contributed by atoms with Crippen LogP contribution < -0.4 is 0 Å². The average molecular weight is 302 g/mol. The summed E-state index contributed by atoms with van der Waals surface area (Å²) < 4.78 is 14.5. The van der Waals surface area contributed by atoms with Crippen molar-refractivity contribution in [1.82, 2.24) is 0 Å².